The Hall–Kier alpha value is -2.86. The monoisotopic (exact) mass is 353 g/mol. The van der Waals surface area contributed by atoms with Gasteiger partial charge in [-0.2, -0.15) is 0 Å². The molecule has 3 rings (SSSR count). The Morgan fingerprint density at radius 2 is 1.65 bits per heavy atom. The van der Waals surface area contributed by atoms with Crippen LogP contribution in [0.4, 0.5) is 11.4 Å². The Morgan fingerprint density at radius 1 is 1.00 bits per heavy atom. The van der Waals surface area contributed by atoms with E-state index >= 15 is 0 Å². The summed E-state index contributed by atoms with van der Waals surface area (Å²) in [5, 5.41) is 5.96. The van der Waals surface area contributed by atoms with Gasteiger partial charge in [-0.3, -0.25) is 9.59 Å². The fraction of sp³-hybridized carbons (Fsp3) is 0.300. The molecule has 1 aliphatic rings. The zero-order chi connectivity index (χ0) is 18.4. The van der Waals surface area contributed by atoms with Gasteiger partial charge in [0, 0.05) is 24.5 Å². The number of nitrogens with one attached hydrogen (secondary N) is 2. The number of carbonyl (C=O) groups excluding carboxylic acids is 2. The molecule has 26 heavy (non-hydrogen) atoms. The number of hydrogen-bond acceptors (Lipinski definition) is 4. The minimum atomic E-state index is -0.159. The molecule has 136 valence electrons. The number of nitrogens with zero attached hydrogens (tertiary/aromatic N) is 1. The van der Waals surface area contributed by atoms with Crippen LogP contribution in [0.1, 0.15) is 15.9 Å². The van der Waals surface area contributed by atoms with Crippen molar-refractivity contribution in [3.8, 4) is 0 Å². The number of hydrogen-bond donors (Lipinski definition) is 2. The number of morpholine rings is 1. The quantitative estimate of drug-likeness (QED) is 0.867. The first kappa shape index (κ1) is 17.9. The van der Waals surface area contributed by atoms with E-state index in [4.69, 9.17) is 4.74 Å². The molecule has 1 aliphatic heterocycles. The van der Waals surface area contributed by atoms with E-state index in [1.54, 1.807) is 11.0 Å². The average molecular weight is 353 g/mol. The second-order valence-corrected chi connectivity index (χ2v) is 6.17. The third-order valence-corrected chi connectivity index (χ3v) is 4.31. The summed E-state index contributed by atoms with van der Waals surface area (Å²) in [7, 11) is 0. The first-order valence-corrected chi connectivity index (χ1v) is 8.70. The van der Waals surface area contributed by atoms with E-state index in [1.165, 1.54) is 0 Å². The van der Waals surface area contributed by atoms with Crippen LogP contribution >= 0.6 is 0 Å². The number of carbonyl (C=O) groups is 2. The Morgan fingerprint density at radius 3 is 2.38 bits per heavy atom. The molecule has 1 heterocycles. The van der Waals surface area contributed by atoms with Gasteiger partial charge in [0.2, 0.25) is 5.91 Å². The van der Waals surface area contributed by atoms with Crippen molar-refractivity contribution in [1.82, 2.24) is 4.90 Å². The van der Waals surface area contributed by atoms with Gasteiger partial charge in [-0.05, 0) is 30.7 Å². The van der Waals surface area contributed by atoms with Crippen LogP contribution in [0.2, 0.25) is 0 Å². The van der Waals surface area contributed by atoms with Crippen LogP contribution in [0.15, 0.2) is 48.5 Å². The van der Waals surface area contributed by atoms with Gasteiger partial charge in [-0.15, -0.1) is 0 Å². The van der Waals surface area contributed by atoms with E-state index < -0.39 is 0 Å². The van der Waals surface area contributed by atoms with Crippen molar-refractivity contribution in [3.05, 3.63) is 59.7 Å². The molecular weight excluding hydrogens is 330 g/mol. The maximum absolute atomic E-state index is 12.7. The summed E-state index contributed by atoms with van der Waals surface area (Å²) < 4.78 is 5.30. The van der Waals surface area contributed by atoms with E-state index in [1.807, 2.05) is 49.4 Å². The minimum absolute atomic E-state index is 0.0456. The molecule has 2 aromatic rings. The molecule has 1 fully saturated rings. The Labute approximate surface area is 153 Å². The second kappa shape index (κ2) is 8.49. The van der Waals surface area contributed by atoms with E-state index in [0.717, 1.165) is 11.3 Å². The maximum atomic E-state index is 12.7. The van der Waals surface area contributed by atoms with Gasteiger partial charge in [0.1, 0.15) is 0 Å². The molecule has 2 aromatic carbocycles. The molecule has 2 amide bonds. The van der Waals surface area contributed by atoms with Crippen LogP contribution in [0.3, 0.4) is 0 Å². The Kier molecular flexibility index (Phi) is 5.86. The molecule has 0 radical (unpaired) electrons. The number of anilines is 2. The largest absolute Gasteiger partial charge is 0.378 e. The van der Waals surface area contributed by atoms with Gasteiger partial charge in [0.05, 0.1) is 25.3 Å². The predicted octanol–water partition coefficient (Wildman–Crippen LogP) is 2.52. The van der Waals surface area contributed by atoms with E-state index in [2.05, 4.69) is 10.6 Å². The number of amides is 2. The molecule has 2 N–H and O–H groups in total. The van der Waals surface area contributed by atoms with E-state index in [-0.39, 0.29) is 18.4 Å². The van der Waals surface area contributed by atoms with Crippen molar-refractivity contribution in [3.63, 3.8) is 0 Å². The number of para-hydroxylation sites is 2. The first-order chi connectivity index (χ1) is 12.6. The van der Waals surface area contributed by atoms with Crippen molar-refractivity contribution in [2.75, 3.05) is 43.5 Å². The molecule has 1 saturated heterocycles. The van der Waals surface area contributed by atoms with Gasteiger partial charge in [0.15, 0.2) is 0 Å². The van der Waals surface area contributed by atoms with Crippen molar-refractivity contribution in [2.24, 2.45) is 0 Å². The third-order valence-electron chi connectivity index (χ3n) is 4.31. The summed E-state index contributed by atoms with van der Waals surface area (Å²) in [5.74, 6) is -0.205. The molecule has 0 spiro atoms. The van der Waals surface area contributed by atoms with Gasteiger partial charge >= 0.3 is 0 Å². The second-order valence-electron chi connectivity index (χ2n) is 6.17. The summed E-state index contributed by atoms with van der Waals surface area (Å²) in [5.41, 5.74) is 3.02. The van der Waals surface area contributed by atoms with Gasteiger partial charge in [0.25, 0.3) is 5.91 Å². The first-order valence-electron chi connectivity index (χ1n) is 8.70. The lowest BCUT2D eigenvalue weighted by atomic mass is 10.1. The molecular formula is C20H23N3O3. The van der Waals surface area contributed by atoms with E-state index in [9.17, 15) is 9.59 Å². The standard InChI is InChI=1S/C20H23N3O3/c1-15-6-2-4-8-17(15)22-19(24)14-21-18-9-5-3-7-16(18)20(25)23-10-12-26-13-11-23/h2-9,21H,10-14H2,1H3,(H,22,24). The molecule has 0 aromatic heterocycles. The highest BCUT2D eigenvalue weighted by atomic mass is 16.5. The van der Waals surface area contributed by atoms with Crippen molar-refractivity contribution < 1.29 is 14.3 Å². The van der Waals surface area contributed by atoms with Crippen molar-refractivity contribution in [1.29, 1.82) is 0 Å². The van der Waals surface area contributed by atoms with Crippen LogP contribution in [0, 0.1) is 6.92 Å². The topological polar surface area (TPSA) is 70.7 Å². The zero-order valence-electron chi connectivity index (χ0n) is 14.8. The molecule has 0 aliphatic carbocycles. The highest BCUT2D eigenvalue weighted by Crippen LogP contribution is 2.18. The van der Waals surface area contributed by atoms with Crippen LogP contribution in [0.25, 0.3) is 0 Å². The lowest BCUT2D eigenvalue weighted by Gasteiger charge is -2.27. The lowest BCUT2D eigenvalue weighted by Crippen LogP contribution is -2.41. The predicted molar refractivity (Wildman–Crippen MR) is 101 cm³/mol. The Balaban J connectivity index is 1.64. The fourth-order valence-electron chi connectivity index (χ4n) is 2.84. The molecule has 0 bridgehead atoms. The van der Waals surface area contributed by atoms with Gasteiger partial charge < -0.3 is 20.3 Å². The van der Waals surface area contributed by atoms with Crippen LogP contribution in [0.5, 0.6) is 0 Å². The number of benzene rings is 2. The Bertz CT molecular complexity index is 785. The maximum Gasteiger partial charge on any atom is 0.256 e. The summed E-state index contributed by atoms with van der Waals surface area (Å²) in [6, 6.07) is 14.9. The number of ether oxygens (including phenoxy) is 1. The smallest absolute Gasteiger partial charge is 0.256 e. The molecule has 6 heteroatoms. The summed E-state index contributed by atoms with van der Waals surface area (Å²) >= 11 is 0. The highest BCUT2D eigenvalue weighted by molar-refractivity contribution is 6.01. The van der Waals surface area contributed by atoms with Crippen molar-refractivity contribution >= 4 is 23.2 Å². The summed E-state index contributed by atoms with van der Waals surface area (Å²) in [6.45, 7) is 4.31. The van der Waals surface area contributed by atoms with Crippen LogP contribution in [-0.4, -0.2) is 49.6 Å². The molecule has 0 saturated carbocycles. The zero-order valence-corrected chi connectivity index (χ0v) is 14.8. The number of rotatable bonds is 5. The SMILES string of the molecule is Cc1ccccc1NC(=O)CNc1ccccc1C(=O)N1CCOCC1. The summed E-state index contributed by atoms with van der Waals surface area (Å²) in [4.78, 5) is 26.7. The van der Waals surface area contributed by atoms with Crippen molar-refractivity contribution in [2.45, 2.75) is 6.92 Å². The summed E-state index contributed by atoms with van der Waals surface area (Å²) in [6.07, 6.45) is 0. The van der Waals surface area contributed by atoms with Crippen LogP contribution < -0.4 is 10.6 Å². The lowest BCUT2D eigenvalue weighted by molar-refractivity contribution is -0.114. The van der Waals surface area contributed by atoms with Crippen LogP contribution in [-0.2, 0) is 9.53 Å². The number of aryl methyl sites for hydroxylation is 1. The fourth-order valence-corrected chi connectivity index (χ4v) is 2.84. The molecule has 0 unspecified atom stereocenters. The van der Waals surface area contributed by atoms with Gasteiger partial charge in [-0.25, -0.2) is 0 Å². The third kappa shape index (κ3) is 4.40. The normalized spacial score (nSPS) is 14.0. The average Bonchev–Trinajstić information content (AvgIpc) is 2.68. The molecule has 0 atom stereocenters. The highest BCUT2D eigenvalue weighted by Gasteiger charge is 2.21. The minimum Gasteiger partial charge on any atom is -0.378 e. The van der Waals surface area contributed by atoms with E-state index in [0.29, 0.717) is 37.6 Å². The van der Waals surface area contributed by atoms with Gasteiger partial charge in [-0.1, -0.05) is 30.3 Å². The molecule has 6 nitrogen and oxygen atoms in total.